The van der Waals surface area contributed by atoms with E-state index < -0.39 is 0 Å². The molecule has 1 aromatic carbocycles. The van der Waals surface area contributed by atoms with Gasteiger partial charge in [-0.3, -0.25) is 14.5 Å². The maximum absolute atomic E-state index is 13.6. The molecule has 0 bridgehead atoms. The van der Waals surface area contributed by atoms with Gasteiger partial charge in [-0.05, 0) is 78.1 Å². The van der Waals surface area contributed by atoms with E-state index in [4.69, 9.17) is 0 Å². The van der Waals surface area contributed by atoms with Gasteiger partial charge in [-0.15, -0.1) is 0 Å². The van der Waals surface area contributed by atoms with Crippen molar-refractivity contribution < 1.29 is 14.0 Å². The van der Waals surface area contributed by atoms with Crippen molar-refractivity contribution in [1.29, 1.82) is 0 Å². The third-order valence-corrected chi connectivity index (χ3v) is 5.50. The minimum atomic E-state index is -0.268. The molecule has 1 saturated heterocycles. The van der Waals surface area contributed by atoms with Gasteiger partial charge in [0.2, 0.25) is 11.8 Å². The Hall–Kier alpha value is -2.32. The largest absolute Gasteiger partial charge is 0.351 e. The number of amides is 2. The number of carbonyl (C=O) groups is 2. The van der Waals surface area contributed by atoms with Gasteiger partial charge in [-0.25, -0.2) is 9.37 Å². The second-order valence-corrected chi connectivity index (χ2v) is 8.18. The average molecular weight is 463 g/mol. The molecule has 1 fully saturated rings. The van der Waals surface area contributed by atoms with Gasteiger partial charge in [-0.1, -0.05) is 12.1 Å². The predicted octanol–water partition coefficient (Wildman–Crippen LogP) is 3.26. The lowest BCUT2D eigenvalue weighted by atomic mass is 9.96. The number of hydrogen-bond donors (Lipinski definition) is 2. The van der Waals surface area contributed by atoms with Crippen molar-refractivity contribution in [3.05, 3.63) is 57.9 Å². The molecular formula is C21H24BrFN4O2. The number of piperidine rings is 1. The first kappa shape index (κ1) is 21.4. The molecule has 1 aromatic heterocycles. The fourth-order valence-corrected chi connectivity index (χ4v) is 3.47. The first-order valence-electron chi connectivity index (χ1n) is 9.57. The van der Waals surface area contributed by atoms with Crippen LogP contribution in [0, 0.1) is 18.7 Å². The summed E-state index contributed by atoms with van der Waals surface area (Å²) in [6.45, 7) is 3.64. The third-order valence-electron chi connectivity index (χ3n) is 5.03. The summed E-state index contributed by atoms with van der Waals surface area (Å²) in [7, 11) is 0. The number of pyridine rings is 1. The van der Waals surface area contributed by atoms with Gasteiger partial charge in [0, 0.05) is 23.1 Å². The zero-order valence-electron chi connectivity index (χ0n) is 16.3. The van der Waals surface area contributed by atoms with Crippen molar-refractivity contribution in [2.24, 2.45) is 5.92 Å². The highest BCUT2D eigenvalue weighted by molar-refractivity contribution is 9.10. The van der Waals surface area contributed by atoms with Crippen LogP contribution in [0.2, 0.25) is 0 Å². The van der Waals surface area contributed by atoms with Crippen LogP contribution >= 0.6 is 15.9 Å². The van der Waals surface area contributed by atoms with Gasteiger partial charge in [0.1, 0.15) is 11.6 Å². The Balaban J connectivity index is 1.39. The number of rotatable bonds is 6. The van der Waals surface area contributed by atoms with Crippen LogP contribution in [0.4, 0.5) is 10.2 Å². The smallest absolute Gasteiger partial charge is 0.234 e. The number of halogens is 2. The summed E-state index contributed by atoms with van der Waals surface area (Å²) < 4.78 is 14.4. The highest BCUT2D eigenvalue weighted by Crippen LogP contribution is 2.19. The molecule has 2 aromatic rings. The van der Waals surface area contributed by atoms with Crippen LogP contribution in [0.1, 0.15) is 24.0 Å². The summed E-state index contributed by atoms with van der Waals surface area (Å²) >= 11 is 3.31. The maximum atomic E-state index is 13.6. The van der Waals surface area contributed by atoms with Gasteiger partial charge in [0.15, 0.2) is 0 Å². The monoisotopic (exact) mass is 462 g/mol. The molecule has 2 N–H and O–H groups in total. The van der Waals surface area contributed by atoms with Gasteiger partial charge < -0.3 is 10.6 Å². The molecule has 154 valence electrons. The highest BCUT2D eigenvalue weighted by atomic mass is 79.9. The van der Waals surface area contributed by atoms with Crippen molar-refractivity contribution in [2.75, 3.05) is 25.0 Å². The van der Waals surface area contributed by atoms with Crippen LogP contribution in [0.15, 0.2) is 41.0 Å². The zero-order valence-corrected chi connectivity index (χ0v) is 17.8. The van der Waals surface area contributed by atoms with Gasteiger partial charge >= 0.3 is 0 Å². The molecular weight excluding hydrogens is 439 g/mol. The molecule has 0 spiro atoms. The lowest BCUT2D eigenvalue weighted by molar-refractivity contribution is -0.123. The standard InChI is InChI=1S/C21H24BrFN4O2/c1-14-2-3-15(10-18(14)23)11-25-20(28)13-27-8-6-16(7-9-27)21(29)26-19-5-4-17(22)12-24-19/h2-5,10,12,16H,6-9,11,13H2,1H3,(H,25,28)(H,24,26,29). The van der Waals surface area contributed by atoms with E-state index >= 15 is 0 Å². The Labute approximate surface area is 178 Å². The number of benzene rings is 1. The predicted molar refractivity (Wildman–Crippen MR) is 113 cm³/mol. The molecule has 0 aliphatic carbocycles. The highest BCUT2D eigenvalue weighted by Gasteiger charge is 2.26. The molecule has 1 aliphatic heterocycles. The molecule has 29 heavy (non-hydrogen) atoms. The SMILES string of the molecule is Cc1ccc(CNC(=O)CN2CCC(C(=O)Nc3ccc(Br)cn3)CC2)cc1F. The zero-order chi connectivity index (χ0) is 20.8. The quantitative estimate of drug-likeness (QED) is 0.690. The van der Waals surface area contributed by atoms with E-state index in [1.807, 2.05) is 17.0 Å². The summed E-state index contributed by atoms with van der Waals surface area (Å²) in [6, 6.07) is 8.54. The number of nitrogens with zero attached hydrogens (tertiary/aromatic N) is 2. The molecule has 0 radical (unpaired) electrons. The number of aromatic nitrogens is 1. The molecule has 2 amide bonds. The Bertz CT molecular complexity index is 867. The molecule has 8 heteroatoms. The minimum absolute atomic E-state index is 0.0367. The van der Waals surface area contributed by atoms with Crippen LogP contribution in [0.25, 0.3) is 0 Å². The maximum Gasteiger partial charge on any atom is 0.234 e. The van der Waals surface area contributed by atoms with E-state index in [9.17, 15) is 14.0 Å². The summed E-state index contributed by atoms with van der Waals surface area (Å²) in [5.74, 6) is 0.0385. The lowest BCUT2D eigenvalue weighted by Crippen LogP contribution is -2.43. The normalized spacial score (nSPS) is 15.1. The molecule has 2 heterocycles. The molecule has 1 aliphatic rings. The topological polar surface area (TPSA) is 74.3 Å². The van der Waals surface area contributed by atoms with Crippen LogP contribution in [-0.4, -0.2) is 41.3 Å². The molecule has 6 nitrogen and oxygen atoms in total. The van der Waals surface area contributed by atoms with Crippen molar-refractivity contribution in [2.45, 2.75) is 26.3 Å². The molecule has 0 atom stereocenters. The number of aryl methyl sites for hydroxylation is 1. The van der Waals surface area contributed by atoms with E-state index in [1.165, 1.54) is 6.07 Å². The fourth-order valence-electron chi connectivity index (χ4n) is 3.24. The van der Waals surface area contributed by atoms with Crippen LogP contribution in [0.5, 0.6) is 0 Å². The van der Waals surface area contributed by atoms with E-state index in [1.54, 1.807) is 25.3 Å². The number of carbonyl (C=O) groups excluding carboxylic acids is 2. The second kappa shape index (κ2) is 9.93. The number of likely N-dealkylation sites (tertiary alicyclic amines) is 1. The van der Waals surface area contributed by atoms with Gasteiger partial charge in [0.25, 0.3) is 0 Å². The minimum Gasteiger partial charge on any atom is -0.351 e. The van der Waals surface area contributed by atoms with E-state index in [0.29, 0.717) is 43.9 Å². The van der Waals surface area contributed by atoms with Crippen molar-refractivity contribution in [1.82, 2.24) is 15.2 Å². The summed E-state index contributed by atoms with van der Waals surface area (Å²) in [6.07, 6.45) is 3.03. The molecule has 0 unspecified atom stereocenters. The van der Waals surface area contributed by atoms with E-state index in [0.717, 1.165) is 10.0 Å². The molecule has 0 saturated carbocycles. The second-order valence-electron chi connectivity index (χ2n) is 7.26. The summed E-state index contributed by atoms with van der Waals surface area (Å²) in [5.41, 5.74) is 1.32. The Morgan fingerprint density at radius 2 is 2.00 bits per heavy atom. The van der Waals surface area contributed by atoms with Crippen LogP contribution < -0.4 is 10.6 Å². The van der Waals surface area contributed by atoms with Crippen molar-refractivity contribution in [3.63, 3.8) is 0 Å². The Morgan fingerprint density at radius 1 is 1.24 bits per heavy atom. The summed E-state index contributed by atoms with van der Waals surface area (Å²) in [5, 5.41) is 5.67. The fraction of sp³-hybridized carbons (Fsp3) is 0.381. The Morgan fingerprint density at radius 3 is 2.66 bits per heavy atom. The van der Waals surface area contributed by atoms with Gasteiger partial charge in [0.05, 0.1) is 6.54 Å². The van der Waals surface area contributed by atoms with Gasteiger partial charge in [-0.2, -0.15) is 0 Å². The average Bonchev–Trinajstić information content (AvgIpc) is 2.71. The third kappa shape index (κ3) is 6.33. The first-order chi connectivity index (χ1) is 13.9. The first-order valence-corrected chi connectivity index (χ1v) is 10.4. The van der Waals surface area contributed by atoms with E-state index in [2.05, 4.69) is 31.5 Å². The molecule has 3 rings (SSSR count). The van der Waals surface area contributed by atoms with Crippen molar-refractivity contribution >= 4 is 33.6 Å². The van der Waals surface area contributed by atoms with Crippen LogP contribution in [0.3, 0.4) is 0 Å². The Kier molecular flexibility index (Phi) is 7.33. The number of hydrogen-bond acceptors (Lipinski definition) is 4. The van der Waals surface area contributed by atoms with E-state index in [-0.39, 0.29) is 30.1 Å². The number of anilines is 1. The summed E-state index contributed by atoms with van der Waals surface area (Å²) in [4.78, 5) is 30.8. The lowest BCUT2D eigenvalue weighted by Gasteiger charge is -2.30. The van der Waals surface area contributed by atoms with Crippen LogP contribution in [-0.2, 0) is 16.1 Å². The van der Waals surface area contributed by atoms with Crippen molar-refractivity contribution in [3.8, 4) is 0 Å². The number of nitrogens with one attached hydrogen (secondary N) is 2.